The minimum Gasteiger partial charge on any atom is -0.312 e. The lowest BCUT2D eigenvalue weighted by Gasteiger charge is -2.24. The van der Waals surface area contributed by atoms with Crippen LogP contribution in [0.1, 0.15) is 59.8 Å². The van der Waals surface area contributed by atoms with E-state index in [-0.39, 0.29) is 5.54 Å². The molecular formula is C14H28N4. The summed E-state index contributed by atoms with van der Waals surface area (Å²) in [5.74, 6) is 1.72. The van der Waals surface area contributed by atoms with Gasteiger partial charge in [0.15, 0.2) is 0 Å². The Morgan fingerprint density at radius 1 is 1.33 bits per heavy atom. The summed E-state index contributed by atoms with van der Waals surface area (Å²) >= 11 is 0. The third kappa shape index (κ3) is 4.77. The molecule has 4 heteroatoms. The number of aromatic nitrogens is 3. The van der Waals surface area contributed by atoms with Crippen LogP contribution in [0.5, 0.6) is 0 Å². The summed E-state index contributed by atoms with van der Waals surface area (Å²) in [5.41, 5.74) is 0.180. The van der Waals surface area contributed by atoms with Crippen molar-refractivity contribution in [2.45, 2.75) is 66.0 Å². The first-order chi connectivity index (χ1) is 8.33. The lowest BCUT2D eigenvalue weighted by molar-refractivity contribution is 0.353. The van der Waals surface area contributed by atoms with E-state index in [9.17, 15) is 0 Å². The predicted molar refractivity (Wildman–Crippen MR) is 75.6 cm³/mol. The molecule has 104 valence electrons. The lowest BCUT2D eigenvalue weighted by atomic mass is 9.99. The molecule has 0 saturated heterocycles. The zero-order chi connectivity index (χ0) is 13.8. The van der Waals surface area contributed by atoms with Gasteiger partial charge in [-0.2, -0.15) is 5.10 Å². The van der Waals surface area contributed by atoms with Crippen molar-refractivity contribution in [1.29, 1.82) is 0 Å². The topological polar surface area (TPSA) is 42.7 Å². The van der Waals surface area contributed by atoms with Crippen LogP contribution in [-0.2, 0) is 6.42 Å². The Hall–Kier alpha value is -0.900. The average molecular weight is 252 g/mol. The van der Waals surface area contributed by atoms with Crippen molar-refractivity contribution in [2.75, 3.05) is 6.54 Å². The molecule has 1 heterocycles. The van der Waals surface area contributed by atoms with Crippen molar-refractivity contribution >= 4 is 0 Å². The highest BCUT2D eigenvalue weighted by Gasteiger charge is 2.16. The normalized spacial score (nSPS) is 14.2. The van der Waals surface area contributed by atoms with E-state index in [4.69, 9.17) is 0 Å². The minimum atomic E-state index is 0.180. The van der Waals surface area contributed by atoms with E-state index in [1.807, 2.05) is 4.68 Å². The first-order valence-electron chi connectivity index (χ1n) is 6.97. The Bertz CT molecular complexity index is 349. The third-order valence-corrected chi connectivity index (χ3v) is 3.11. The summed E-state index contributed by atoms with van der Waals surface area (Å²) in [6, 6.07) is 0.385. The average Bonchev–Trinajstić information content (AvgIpc) is 2.70. The van der Waals surface area contributed by atoms with Crippen LogP contribution < -0.4 is 5.32 Å². The molecule has 1 unspecified atom stereocenters. The van der Waals surface area contributed by atoms with Crippen molar-refractivity contribution in [3.05, 3.63) is 12.2 Å². The monoisotopic (exact) mass is 252 g/mol. The van der Waals surface area contributed by atoms with E-state index in [1.54, 1.807) is 6.33 Å². The molecule has 0 fully saturated rings. The van der Waals surface area contributed by atoms with Crippen molar-refractivity contribution < 1.29 is 0 Å². The van der Waals surface area contributed by atoms with Crippen LogP contribution in [0, 0.1) is 5.92 Å². The second-order valence-corrected chi connectivity index (χ2v) is 6.32. The van der Waals surface area contributed by atoms with Gasteiger partial charge in [-0.15, -0.1) is 0 Å². The first-order valence-corrected chi connectivity index (χ1v) is 6.97. The number of hydrogen-bond donors (Lipinski definition) is 1. The Kier molecular flexibility index (Phi) is 5.32. The lowest BCUT2D eigenvalue weighted by Crippen LogP contribution is -2.39. The molecule has 0 radical (unpaired) electrons. The fraction of sp³-hybridized carbons (Fsp3) is 0.857. The maximum Gasteiger partial charge on any atom is 0.138 e. The third-order valence-electron chi connectivity index (χ3n) is 3.11. The van der Waals surface area contributed by atoms with Crippen LogP contribution in [0.3, 0.4) is 0 Å². The van der Waals surface area contributed by atoms with Crippen LogP contribution in [0.4, 0.5) is 0 Å². The van der Waals surface area contributed by atoms with Gasteiger partial charge in [0, 0.05) is 18.0 Å². The van der Waals surface area contributed by atoms with Gasteiger partial charge < -0.3 is 5.32 Å². The second-order valence-electron chi connectivity index (χ2n) is 6.32. The van der Waals surface area contributed by atoms with Gasteiger partial charge in [-0.05, 0) is 47.1 Å². The molecule has 0 bridgehead atoms. The van der Waals surface area contributed by atoms with Crippen LogP contribution in [0.25, 0.3) is 0 Å². The molecule has 0 amide bonds. The number of nitrogens with one attached hydrogen (secondary N) is 1. The molecule has 0 aromatic carbocycles. The predicted octanol–water partition coefficient (Wildman–Crippen LogP) is 2.82. The number of nitrogens with zero attached hydrogens (tertiary/aromatic N) is 3. The van der Waals surface area contributed by atoms with Crippen LogP contribution in [0.15, 0.2) is 6.33 Å². The molecule has 1 N–H and O–H groups in total. The summed E-state index contributed by atoms with van der Waals surface area (Å²) in [4.78, 5) is 4.39. The van der Waals surface area contributed by atoms with Crippen LogP contribution >= 0.6 is 0 Å². The summed E-state index contributed by atoms with van der Waals surface area (Å²) in [6.45, 7) is 14.2. The Balaban J connectivity index is 2.60. The van der Waals surface area contributed by atoms with Crippen molar-refractivity contribution in [1.82, 2.24) is 20.1 Å². The number of rotatable bonds is 6. The van der Waals surface area contributed by atoms with Crippen LogP contribution in [0.2, 0.25) is 0 Å². The van der Waals surface area contributed by atoms with Crippen LogP contribution in [-0.4, -0.2) is 26.8 Å². The Labute approximate surface area is 111 Å². The molecular weight excluding hydrogens is 224 g/mol. The molecule has 1 aromatic rings. The van der Waals surface area contributed by atoms with Gasteiger partial charge in [0.25, 0.3) is 0 Å². The van der Waals surface area contributed by atoms with E-state index in [0.717, 1.165) is 25.2 Å². The Morgan fingerprint density at radius 2 is 2.00 bits per heavy atom. The van der Waals surface area contributed by atoms with E-state index in [2.05, 4.69) is 56.9 Å². The fourth-order valence-electron chi connectivity index (χ4n) is 1.92. The molecule has 1 rings (SSSR count). The minimum absolute atomic E-state index is 0.180. The first kappa shape index (κ1) is 15.2. The highest BCUT2D eigenvalue weighted by molar-refractivity contribution is 4.90. The number of hydrogen-bond acceptors (Lipinski definition) is 3. The maximum absolute atomic E-state index is 4.39. The van der Waals surface area contributed by atoms with Gasteiger partial charge in [0.1, 0.15) is 12.2 Å². The van der Waals surface area contributed by atoms with E-state index in [0.29, 0.717) is 12.0 Å². The van der Waals surface area contributed by atoms with Gasteiger partial charge in [-0.1, -0.05) is 13.3 Å². The summed E-state index contributed by atoms with van der Waals surface area (Å²) in [5, 5.41) is 7.87. The van der Waals surface area contributed by atoms with Gasteiger partial charge in [0.2, 0.25) is 0 Å². The van der Waals surface area contributed by atoms with E-state index < -0.39 is 0 Å². The maximum atomic E-state index is 4.39. The largest absolute Gasteiger partial charge is 0.312 e. The SMILES string of the molecule is CCC(CNC(C)(C)C)Cc1ncnn1C(C)C. The molecule has 0 aliphatic rings. The quantitative estimate of drug-likeness (QED) is 0.846. The molecule has 0 spiro atoms. The molecule has 0 aliphatic carbocycles. The van der Waals surface area contributed by atoms with Gasteiger partial charge >= 0.3 is 0 Å². The van der Waals surface area contributed by atoms with E-state index >= 15 is 0 Å². The van der Waals surface area contributed by atoms with Gasteiger partial charge in [0.05, 0.1) is 0 Å². The highest BCUT2D eigenvalue weighted by Crippen LogP contribution is 2.14. The zero-order valence-corrected chi connectivity index (χ0v) is 12.7. The van der Waals surface area contributed by atoms with Crippen molar-refractivity contribution in [3.63, 3.8) is 0 Å². The molecule has 0 aliphatic heterocycles. The van der Waals surface area contributed by atoms with E-state index in [1.165, 1.54) is 0 Å². The standard InChI is InChI=1S/C14H28N4/c1-7-12(9-16-14(4,5)6)8-13-15-10-17-18(13)11(2)3/h10-12,16H,7-9H2,1-6H3. The molecule has 1 atom stereocenters. The molecule has 0 saturated carbocycles. The van der Waals surface area contributed by atoms with Gasteiger partial charge in [-0.25, -0.2) is 9.67 Å². The van der Waals surface area contributed by atoms with Crippen molar-refractivity contribution in [2.24, 2.45) is 5.92 Å². The summed E-state index contributed by atoms with van der Waals surface area (Å²) in [6.07, 6.45) is 3.82. The Morgan fingerprint density at radius 3 is 2.50 bits per heavy atom. The summed E-state index contributed by atoms with van der Waals surface area (Å²) in [7, 11) is 0. The second kappa shape index (κ2) is 6.32. The zero-order valence-electron chi connectivity index (χ0n) is 12.7. The van der Waals surface area contributed by atoms with Gasteiger partial charge in [-0.3, -0.25) is 0 Å². The molecule has 4 nitrogen and oxygen atoms in total. The smallest absolute Gasteiger partial charge is 0.138 e. The highest BCUT2D eigenvalue weighted by atomic mass is 15.3. The van der Waals surface area contributed by atoms with Crippen molar-refractivity contribution in [3.8, 4) is 0 Å². The molecule has 1 aromatic heterocycles. The summed E-state index contributed by atoms with van der Waals surface area (Å²) < 4.78 is 2.03. The fourth-order valence-corrected chi connectivity index (χ4v) is 1.92. The molecule has 18 heavy (non-hydrogen) atoms.